The van der Waals surface area contributed by atoms with E-state index in [1.165, 1.54) is 22.0 Å². The van der Waals surface area contributed by atoms with Gasteiger partial charge in [-0.05, 0) is 56.3 Å². The van der Waals surface area contributed by atoms with Crippen LogP contribution in [0.15, 0.2) is 47.1 Å². The Morgan fingerprint density at radius 1 is 1.17 bits per heavy atom. The number of carbonyl (C=O) groups excluding carboxylic acids is 1. The number of carbonyl (C=O) groups is 2. The maximum Gasteiger partial charge on any atom is 0.335 e. The van der Waals surface area contributed by atoms with Gasteiger partial charge in [0.1, 0.15) is 0 Å². The van der Waals surface area contributed by atoms with Crippen LogP contribution in [0.1, 0.15) is 27.0 Å². The van der Waals surface area contributed by atoms with Crippen molar-refractivity contribution in [2.45, 2.75) is 13.8 Å². The molecular formula is C17H14N2O3S. The van der Waals surface area contributed by atoms with Crippen LogP contribution in [0, 0.1) is 6.92 Å². The Balaban J connectivity index is 1.90. The average Bonchev–Trinajstić information content (AvgIpc) is 3.05. The number of benzene rings is 1. The first-order valence-corrected chi connectivity index (χ1v) is 7.79. The van der Waals surface area contributed by atoms with Crippen LogP contribution in [-0.4, -0.2) is 22.7 Å². The summed E-state index contributed by atoms with van der Waals surface area (Å²) in [5.41, 5.74) is 1.91. The maximum atomic E-state index is 12.6. The highest BCUT2D eigenvalue weighted by Gasteiger charge is 2.28. The van der Waals surface area contributed by atoms with Crippen molar-refractivity contribution in [2.24, 2.45) is 5.10 Å². The van der Waals surface area contributed by atoms with E-state index in [4.69, 9.17) is 5.11 Å². The van der Waals surface area contributed by atoms with E-state index in [1.54, 1.807) is 30.4 Å². The SMILES string of the molecule is CC1=NN(c2ccc(C(=O)O)cc2)C(=O)/C1=C\c1ccc(C)s1. The Labute approximate surface area is 137 Å². The van der Waals surface area contributed by atoms with Crippen LogP contribution >= 0.6 is 11.3 Å². The van der Waals surface area contributed by atoms with Crippen LogP contribution in [0.3, 0.4) is 0 Å². The number of hydrazone groups is 1. The van der Waals surface area contributed by atoms with Gasteiger partial charge in [-0.2, -0.15) is 10.1 Å². The van der Waals surface area contributed by atoms with Crippen molar-refractivity contribution < 1.29 is 14.7 Å². The fraction of sp³-hybridized carbons (Fsp3) is 0.118. The summed E-state index contributed by atoms with van der Waals surface area (Å²) in [5, 5.41) is 14.5. The third kappa shape index (κ3) is 2.93. The summed E-state index contributed by atoms with van der Waals surface area (Å²) in [6.07, 6.45) is 1.84. The highest BCUT2D eigenvalue weighted by molar-refractivity contribution is 7.12. The Bertz CT molecular complexity index is 847. The van der Waals surface area contributed by atoms with Crippen LogP contribution in [0.25, 0.3) is 6.08 Å². The molecule has 1 N–H and O–H groups in total. The topological polar surface area (TPSA) is 70.0 Å². The summed E-state index contributed by atoms with van der Waals surface area (Å²) in [6.45, 7) is 3.80. The molecule has 0 aliphatic carbocycles. The molecule has 5 nitrogen and oxygen atoms in total. The van der Waals surface area contributed by atoms with Gasteiger partial charge in [-0.25, -0.2) is 4.79 Å². The summed E-state index contributed by atoms with van der Waals surface area (Å²) in [6, 6.07) is 10.1. The molecule has 3 rings (SSSR count). The van der Waals surface area contributed by atoms with Crippen molar-refractivity contribution >= 4 is 40.7 Å². The molecule has 116 valence electrons. The van der Waals surface area contributed by atoms with Gasteiger partial charge >= 0.3 is 5.97 Å². The van der Waals surface area contributed by atoms with Crippen LogP contribution in [-0.2, 0) is 4.79 Å². The molecular weight excluding hydrogens is 312 g/mol. The van der Waals surface area contributed by atoms with E-state index < -0.39 is 5.97 Å². The monoisotopic (exact) mass is 326 g/mol. The van der Waals surface area contributed by atoms with Gasteiger partial charge in [-0.3, -0.25) is 4.79 Å². The van der Waals surface area contributed by atoms with Crippen molar-refractivity contribution in [3.8, 4) is 0 Å². The molecule has 0 unspecified atom stereocenters. The molecule has 1 aliphatic rings. The molecule has 2 heterocycles. The normalized spacial score (nSPS) is 16.1. The first-order valence-electron chi connectivity index (χ1n) is 6.97. The van der Waals surface area contributed by atoms with E-state index in [1.807, 2.05) is 25.1 Å². The maximum absolute atomic E-state index is 12.6. The van der Waals surface area contributed by atoms with Crippen LogP contribution < -0.4 is 5.01 Å². The summed E-state index contributed by atoms with van der Waals surface area (Å²) in [4.78, 5) is 25.7. The highest BCUT2D eigenvalue weighted by atomic mass is 32.1. The number of aromatic carboxylic acids is 1. The molecule has 2 aromatic rings. The third-order valence-corrected chi connectivity index (χ3v) is 4.42. The molecule has 0 atom stereocenters. The molecule has 0 bridgehead atoms. The lowest BCUT2D eigenvalue weighted by Gasteiger charge is -2.11. The number of hydrogen-bond acceptors (Lipinski definition) is 4. The lowest BCUT2D eigenvalue weighted by Crippen LogP contribution is -2.21. The second-order valence-electron chi connectivity index (χ2n) is 5.16. The van der Waals surface area contributed by atoms with E-state index in [-0.39, 0.29) is 11.5 Å². The molecule has 0 radical (unpaired) electrons. The van der Waals surface area contributed by atoms with Crippen molar-refractivity contribution in [3.05, 3.63) is 57.3 Å². The molecule has 0 spiro atoms. The predicted octanol–water partition coefficient (Wildman–Crippen LogP) is 3.56. The van der Waals surface area contributed by atoms with E-state index in [0.29, 0.717) is 17.0 Å². The number of nitrogens with zero attached hydrogens (tertiary/aromatic N) is 2. The van der Waals surface area contributed by atoms with E-state index in [2.05, 4.69) is 5.10 Å². The molecule has 0 saturated carbocycles. The summed E-state index contributed by atoms with van der Waals surface area (Å²) in [7, 11) is 0. The molecule has 1 aromatic heterocycles. The van der Waals surface area contributed by atoms with E-state index in [9.17, 15) is 9.59 Å². The number of hydrogen-bond donors (Lipinski definition) is 1. The average molecular weight is 326 g/mol. The third-order valence-electron chi connectivity index (χ3n) is 3.47. The highest BCUT2D eigenvalue weighted by Crippen LogP contribution is 2.27. The molecule has 23 heavy (non-hydrogen) atoms. The largest absolute Gasteiger partial charge is 0.478 e. The summed E-state index contributed by atoms with van der Waals surface area (Å²) < 4.78 is 0. The minimum absolute atomic E-state index is 0.172. The van der Waals surface area contributed by atoms with Gasteiger partial charge in [0.25, 0.3) is 5.91 Å². The van der Waals surface area contributed by atoms with Crippen LogP contribution in [0.4, 0.5) is 5.69 Å². The quantitative estimate of drug-likeness (QED) is 0.877. The Morgan fingerprint density at radius 2 is 1.87 bits per heavy atom. The first-order chi connectivity index (χ1) is 11.0. The molecule has 6 heteroatoms. The molecule has 1 aliphatic heterocycles. The van der Waals surface area contributed by atoms with Crippen LogP contribution in [0.5, 0.6) is 0 Å². The molecule has 0 fully saturated rings. The fourth-order valence-corrected chi connectivity index (χ4v) is 3.10. The Hall–Kier alpha value is -2.73. The smallest absolute Gasteiger partial charge is 0.335 e. The molecule has 1 amide bonds. The lowest BCUT2D eigenvalue weighted by molar-refractivity contribution is -0.114. The second-order valence-corrected chi connectivity index (χ2v) is 6.48. The van der Waals surface area contributed by atoms with Gasteiger partial charge in [-0.1, -0.05) is 0 Å². The van der Waals surface area contributed by atoms with Gasteiger partial charge < -0.3 is 5.11 Å². The van der Waals surface area contributed by atoms with Crippen molar-refractivity contribution in [2.75, 3.05) is 5.01 Å². The van der Waals surface area contributed by atoms with Crippen molar-refractivity contribution in [3.63, 3.8) is 0 Å². The predicted molar refractivity (Wildman–Crippen MR) is 91.0 cm³/mol. The number of thiophene rings is 1. The standard InChI is InChI=1S/C17H14N2O3S/c1-10-3-8-14(23-10)9-15-11(2)18-19(16(15)20)13-6-4-12(5-7-13)17(21)22/h3-9H,1-2H3,(H,21,22)/b15-9-. The number of anilines is 1. The van der Waals surface area contributed by atoms with Gasteiger partial charge in [0.15, 0.2) is 0 Å². The summed E-state index contributed by atoms with van der Waals surface area (Å²) >= 11 is 1.61. The number of rotatable bonds is 3. The molecule has 0 saturated heterocycles. The first kappa shape index (κ1) is 15.2. The zero-order valence-corrected chi connectivity index (χ0v) is 13.4. The number of carboxylic acids is 1. The number of amides is 1. The van der Waals surface area contributed by atoms with Crippen molar-refractivity contribution in [1.82, 2.24) is 0 Å². The molecule has 1 aromatic carbocycles. The lowest BCUT2D eigenvalue weighted by atomic mass is 10.1. The van der Waals surface area contributed by atoms with E-state index in [0.717, 1.165) is 4.88 Å². The van der Waals surface area contributed by atoms with Crippen LogP contribution in [0.2, 0.25) is 0 Å². The number of aryl methyl sites for hydroxylation is 1. The minimum atomic E-state index is -1.00. The zero-order valence-electron chi connectivity index (χ0n) is 12.6. The Kier molecular flexibility index (Phi) is 3.83. The fourth-order valence-electron chi connectivity index (χ4n) is 2.28. The van der Waals surface area contributed by atoms with Gasteiger partial charge in [0, 0.05) is 9.75 Å². The van der Waals surface area contributed by atoms with Crippen molar-refractivity contribution in [1.29, 1.82) is 0 Å². The zero-order chi connectivity index (χ0) is 16.6. The Morgan fingerprint density at radius 3 is 2.43 bits per heavy atom. The summed E-state index contributed by atoms with van der Waals surface area (Å²) in [5.74, 6) is -1.21. The van der Waals surface area contributed by atoms with Gasteiger partial charge in [0.2, 0.25) is 0 Å². The number of carboxylic acid groups (broad SMARTS) is 1. The van der Waals surface area contributed by atoms with Gasteiger partial charge in [-0.15, -0.1) is 11.3 Å². The second kappa shape index (κ2) is 5.81. The van der Waals surface area contributed by atoms with Gasteiger partial charge in [0.05, 0.1) is 22.5 Å². The van der Waals surface area contributed by atoms with E-state index >= 15 is 0 Å². The minimum Gasteiger partial charge on any atom is -0.478 e.